The van der Waals surface area contributed by atoms with Gasteiger partial charge in [0.2, 0.25) is 5.95 Å². The zero-order chi connectivity index (χ0) is 22.0. The molecule has 0 aliphatic heterocycles. The first-order valence-corrected chi connectivity index (χ1v) is 10.4. The molecule has 31 heavy (non-hydrogen) atoms. The highest BCUT2D eigenvalue weighted by atomic mass is 32.1. The number of fused-ring (bicyclic) bond motifs is 1. The van der Waals surface area contributed by atoms with E-state index in [2.05, 4.69) is 20.3 Å². The van der Waals surface area contributed by atoms with Crippen LogP contribution >= 0.6 is 11.3 Å². The first kappa shape index (κ1) is 21.2. The first-order chi connectivity index (χ1) is 14.8. The van der Waals surface area contributed by atoms with Gasteiger partial charge in [0.25, 0.3) is 5.92 Å². The average molecular weight is 443 g/mol. The Kier molecular flexibility index (Phi) is 5.88. The lowest BCUT2D eigenvalue weighted by Gasteiger charge is -2.13. The number of nitrogens with two attached hydrogens (primary N) is 1. The van der Waals surface area contributed by atoms with Gasteiger partial charge >= 0.3 is 0 Å². The molecule has 4 rings (SSSR count). The largest absolute Gasteiger partial charge is 0.360 e. The van der Waals surface area contributed by atoms with Gasteiger partial charge in [-0.3, -0.25) is 4.98 Å². The van der Waals surface area contributed by atoms with E-state index in [0.29, 0.717) is 18.1 Å². The van der Waals surface area contributed by atoms with Crippen LogP contribution in [-0.2, 0) is 12.3 Å². The Morgan fingerprint density at radius 3 is 2.61 bits per heavy atom. The molecule has 4 aromatic rings. The van der Waals surface area contributed by atoms with Gasteiger partial charge < -0.3 is 11.1 Å². The molecule has 3 heterocycles. The number of alkyl halides is 2. The van der Waals surface area contributed by atoms with Crippen LogP contribution in [0.15, 0.2) is 55.0 Å². The molecular formula is C22H20F3N5S. The van der Waals surface area contributed by atoms with Crippen LogP contribution in [0.2, 0.25) is 0 Å². The van der Waals surface area contributed by atoms with Crippen LogP contribution in [0.5, 0.6) is 0 Å². The van der Waals surface area contributed by atoms with Crippen molar-refractivity contribution in [2.75, 3.05) is 11.9 Å². The molecule has 0 fully saturated rings. The summed E-state index contributed by atoms with van der Waals surface area (Å²) in [5.74, 6) is -3.47. The van der Waals surface area contributed by atoms with Crippen LogP contribution in [0.25, 0.3) is 21.2 Å². The lowest BCUT2D eigenvalue weighted by atomic mass is 10.1. The maximum atomic E-state index is 13.4. The minimum Gasteiger partial charge on any atom is -0.360 e. The van der Waals surface area contributed by atoms with Crippen molar-refractivity contribution in [3.63, 3.8) is 0 Å². The van der Waals surface area contributed by atoms with E-state index in [-0.39, 0.29) is 11.7 Å². The number of nitrogens with zero attached hydrogens (tertiary/aromatic N) is 3. The van der Waals surface area contributed by atoms with E-state index < -0.39 is 11.9 Å². The molecule has 3 N–H and O–H groups in total. The molecule has 0 saturated heterocycles. The van der Waals surface area contributed by atoms with Gasteiger partial charge in [0.1, 0.15) is 5.69 Å². The molecule has 3 aromatic heterocycles. The highest BCUT2D eigenvalue weighted by molar-refractivity contribution is 7.18. The van der Waals surface area contributed by atoms with Gasteiger partial charge in [-0.1, -0.05) is 29.5 Å². The number of aromatic nitrogens is 3. The smallest absolute Gasteiger partial charge is 0.286 e. The van der Waals surface area contributed by atoms with Crippen molar-refractivity contribution in [2.24, 2.45) is 5.73 Å². The quantitative estimate of drug-likeness (QED) is 0.394. The number of thiazole rings is 1. The van der Waals surface area contributed by atoms with Crippen LogP contribution in [0, 0.1) is 5.95 Å². The fourth-order valence-corrected chi connectivity index (χ4v) is 3.97. The first-order valence-electron chi connectivity index (χ1n) is 9.62. The number of nitrogens with one attached hydrogen (secondary N) is 1. The fourth-order valence-electron chi connectivity index (χ4n) is 3.15. The molecule has 0 aliphatic carbocycles. The fraction of sp³-hybridized carbons (Fsp3) is 0.227. The summed E-state index contributed by atoms with van der Waals surface area (Å²) in [5.41, 5.74) is 7.64. The zero-order valence-electron chi connectivity index (χ0n) is 16.6. The molecule has 1 unspecified atom stereocenters. The minimum atomic E-state index is -2.96. The van der Waals surface area contributed by atoms with Crippen molar-refractivity contribution >= 4 is 27.2 Å². The maximum absolute atomic E-state index is 13.4. The third kappa shape index (κ3) is 5.18. The number of anilines is 1. The second-order valence-electron chi connectivity index (χ2n) is 7.38. The molecule has 0 spiro atoms. The Bertz CT molecular complexity index is 1190. The second kappa shape index (κ2) is 8.60. The van der Waals surface area contributed by atoms with Gasteiger partial charge in [-0.15, -0.1) is 0 Å². The zero-order valence-corrected chi connectivity index (χ0v) is 17.5. The van der Waals surface area contributed by atoms with E-state index >= 15 is 0 Å². The molecule has 0 aliphatic rings. The summed E-state index contributed by atoms with van der Waals surface area (Å²) < 4.78 is 39.9. The van der Waals surface area contributed by atoms with Crippen LogP contribution in [0.1, 0.15) is 18.2 Å². The third-order valence-electron chi connectivity index (χ3n) is 4.77. The monoisotopic (exact) mass is 443 g/mol. The van der Waals surface area contributed by atoms with Gasteiger partial charge in [0.15, 0.2) is 5.13 Å². The van der Waals surface area contributed by atoms with E-state index in [4.69, 9.17) is 5.73 Å². The lowest BCUT2D eigenvalue weighted by Crippen LogP contribution is -2.31. The Balaban J connectivity index is 1.37. The molecular weight excluding hydrogens is 423 g/mol. The second-order valence-corrected chi connectivity index (χ2v) is 8.41. The number of halogens is 3. The average Bonchev–Trinajstić information content (AvgIpc) is 3.20. The summed E-state index contributed by atoms with van der Waals surface area (Å²) >= 11 is 1.47. The SMILES string of the molecule is CC(F)(F)c1ccc(CC(N)CNc2ncc(-c3ccc4cnc(F)cc4c3)s2)cn1. The van der Waals surface area contributed by atoms with Gasteiger partial charge in [0, 0.05) is 49.6 Å². The van der Waals surface area contributed by atoms with Crippen molar-refractivity contribution in [2.45, 2.75) is 25.3 Å². The summed E-state index contributed by atoms with van der Waals surface area (Å²) in [5, 5.41) is 5.56. The number of rotatable bonds is 7. The summed E-state index contributed by atoms with van der Waals surface area (Å²) in [7, 11) is 0. The molecule has 0 radical (unpaired) electrons. The highest BCUT2D eigenvalue weighted by Gasteiger charge is 2.25. The molecule has 1 aromatic carbocycles. The summed E-state index contributed by atoms with van der Waals surface area (Å²) in [4.78, 5) is 12.8. The van der Waals surface area contributed by atoms with E-state index in [1.54, 1.807) is 12.3 Å². The minimum absolute atomic E-state index is 0.238. The van der Waals surface area contributed by atoms with Crippen molar-refractivity contribution < 1.29 is 13.2 Å². The Labute approximate surface area is 181 Å². The topological polar surface area (TPSA) is 76.7 Å². The Morgan fingerprint density at radius 2 is 1.87 bits per heavy atom. The van der Waals surface area contributed by atoms with Crippen LogP contribution < -0.4 is 11.1 Å². The van der Waals surface area contributed by atoms with E-state index in [9.17, 15) is 13.2 Å². The highest BCUT2D eigenvalue weighted by Crippen LogP contribution is 2.31. The molecule has 1 atom stereocenters. The third-order valence-corrected chi connectivity index (χ3v) is 5.77. The maximum Gasteiger partial charge on any atom is 0.286 e. The van der Waals surface area contributed by atoms with E-state index in [1.807, 2.05) is 18.2 Å². The van der Waals surface area contributed by atoms with Crippen molar-refractivity contribution in [1.82, 2.24) is 15.0 Å². The predicted molar refractivity (Wildman–Crippen MR) is 117 cm³/mol. The lowest BCUT2D eigenvalue weighted by molar-refractivity contribution is 0.0127. The summed E-state index contributed by atoms with van der Waals surface area (Å²) in [6.45, 7) is 1.29. The molecule has 9 heteroatoms. The molecule has 5 nitrogen and oxygen atoms in total. The van der Waals surface area contributed by atoms with Crippen LogP contribution in [0.3, 0.4) is 0 Å². The van der Waals surface area contributed by atoms with Gasteiger partial charge in [0.05, 0.1) is 4.88 Å². The standard InChI is InChI=1S/C22H20F3N5S/c1-22(24,25)19-5-2-13(9-27-19)6-17(26)11-29-21-30-12-18(31-21)14-3-4-15-10-28-20(23)8-16(15)7-14/h2-5,7-10,12,17H,6,11,26H2,1H3,(H,29,30). The van der Waals surface area contributed by atoms with Crippen LogP contribution in [-0.4, -0.2) is 27.5 Å². The number of hydrogen-bond donors (Lipinski definition) is 2. The van der Waals surface area contributed by atoms with Crippen LogP contribution in [0.4, 0.5) is 18.3 Å². The number of pyridine rings is 2. The number of benzene rings is 1. The summed E-state index contributed by atoms with van der Waals surface area (Å²) in [6.07, 6.45) is 5.20. The Morgan fingerprint density at radius 1 is 1.03 bits per heavy atom. The molecule has 0 amide bonds. The Hall–Kier alpha value is -3.04. The summed E-state index contributed by atoms with van der Waals surface area (Å²) in [6, 6.07) is 9.86. The number of hydrogen-bond acceptors (Lipinski definition) is 6. The predicted octanol–water partition coefficient (Wildman–Crippen LogP) is 4.99. The molecule has 160 valence electrons. The van der Waals surface area contributed by atoms with Crippen molar-refractivity contribution in [1.29, 1.82) is 0 Å². The molecule has 0 saturated carbocycles. The van der Waals surface area contributed by atoms with Gasteiger partial charge in [-0.05, 0) is 35.1 Å². The normalized spacial score (nSPS) is 12.8. The van der Waals surface area contributed by atoms with Crippen molar-refractivity contribution in [3.8, 4) is 10.4 Å². The van der Waals surface area contributed by atoms with E-state index in [1.165, 1.54) is 35.9 Å². The van der Waals surface area contributed by atoms with Crippen molar-refractivity contribution in [3.05, 3.63) is 72.2 Å². The van der Waals surface area contributed by atoms with Gasteiger partial charge in [-0.25, -0.2) is 9.97 Å². The molecule has 0 bridgehead atoms. The van der Waals surface area contributed by atoms with Gasteiger partial charge in [-0.2, -0.15) is 13.2 Å². The van der Waals surface area contributed by atoms with E-state index in [0.717, 1.165) is 33.7 Å².